The molecule has 2 aliphatic carbocycles. The van der Waals surface area contributed by atoms with Crippen molar-refractivity contribution >= 4 is 5.91 Å². The summed E-state index contributed by atoms with van der Waals surface area (Å²) >= 11 is 0. The molecule has 3 heteroatoms. The highest BCUT2D eigenvalue weighted by Gasteiger charge is 2.40. The van der Waals surface area contributed by atoms with E-state index < -0.39 is 0 Å². The second-order valence-corrected chi connectivity index (χ2v) is 6.87. The molecule has 1 saturated heterocycles. The lowest BCUT2D eigenvalue weighted by molar-refractivity contribution is -0.142. The SMILES string of the molecule is CN1CCN(C(=O)[C@@H]2CCC[C@H]3CCCC[C@H]32)CC1. The van der Waals surface area contributed by atoms with E-state index in [-0.39, 0.29) is 0 Å². The van der Waals surface area contributed by atoms with Gasteiger partial charge in [-0.15, -0.1) is 0 Å². The molecule has 3 atom stereocenters. The van der Waals surface area contributed by atoms with Crippen LogP contribution in [0.4, 0.5) is 0 Å². The van der Waals surface area contributed by atoms with Crippen molar-refractivity contribution in [2.24, 2.45) is 17.8 Å². The molecular weight excluding hydrogens is 236 g/mol. The predicted octanol–water partition coefficient (Wildman–Crippen LogP) is 2.37. The van der Waals surface area contributed by atoms with E-state index in [1.165, 1.54) is 38.5 Å². The van der Waals surface area contributed by atoms with Crippen molar-refractivity contribution in [2.75, 3.05) is 33.2 Å². The van der Waals surface area contributed by atoms with E-state index >= 15 is 0 Å². The van der Waals surface area contributed by atoms with Gasteiger partial charge in [0.1, 0.15) is 0 Å². The highest BCUT2D eigenvalue weighted by atomic mass is 16.2. The van der Waals surface area contributed by atoms with Gasteiger partial charge in [-0.1, -0.05) is 32.1 Å². The van der Waals surface area contributed by atoms with Crippen molar-refractivity contribution < 1.29 is 4.79 Å². The average Bonchev–Trinajstić information content (AvgIpc) is 2.47. The van der Waals surface area contributed by atoms with E-state index in [1.807, 2.05) is 0 Å². The third-order valence-corrected chi connectivity index (χ3v) is 5.71. The lowest BCUT2D eigenvalue weighted by Gasteiger charge is -2.43. The largest absolute Gasteiger partial charge is 0.340 e. The van der Waals surface area contributed by atoms with Crippen LogP contribution in [0.3, 0.4) is 0 Å². The molecule has 0 radical (unpaired) electrons. The summed E-state index contributed by atoms with van der Waals surface area (Å²) in [6.45, 7) is 3.99. The van der Waals surface area contributed by atoms with Gasteiger partial charge in [0.15, 0.2) is 0 Å². The molecule has 1 amide bonds. The number of hydrogen-bond acceptors (Lipinski definition) is 2. The van der Waals surface area contributed by atoms with Crippen LogP contribution < -0.4 is 0 Å². The Kier molecular flexibility index (Phi) is 4.11. The molecule has 1 aliphatic heterocycles. The van der Waals surface area contributed by atoms with Crippen molar-refractivity contribution in [1.29, 1.82) is 0 Å². The van der Waals surface area contributed by atoms with Crippen molar-refractivity contribution in [3.8, 4) is 0 Å². The normalized spacial score (nSPS) is 36.9. The Balaban J connectivity index is 1.64. The average molecular weight is 264 g/mol. The number of likely N-dealkylation sites (N-methyl/N-ethyl adjacent to an activating group) is 1. The maximum atomic E-state index is 12.8. The maximum Gasteiger partial charge on any atom is 0.226 e. The van der Waals surface area contributed by atoms with Gasteiger partial charge in [0, 0.05) is 32.1 Å². The van der Waals surface area contributed by atoms with Crippen LogP contribution in [0.15, 0.2) is 0 Å². The second kappa shape index (κ2) is 5.82. The van der Waals surface area contributed by atoms with E-state index in [0.29, 0.717) is 11.8 Å². The van der Waals surface area contributed by atoms with Crippen molar-refractivity contribution in [3.05, 3.63) is 0 Å². The van der Waals surface area contributed by atoms with Gasteiger partial charge in [-0.2, -0.15) is 0 Å². The predicted molar refractivity (Wildman–Crippen MR) is 76.9 cm³/mol. The molecule has 3 fully saturated rings. The number of fused-ring (bicyclic) bond motifs is 1. The molecule has 0 unspecified atom stereocenters. The van der Waals surface area contributed by atoms with Gasteiger partial charge in [-0.3, -0.25) is 4.79 Å². The Bertz CT molecular complexity index is 321. The summed E-state index contributed by atoms with van der Waals surface area (Å²) < 4.78 is 0. The van der Waals surface area contributed by atoms with Gasteiger partial charge in [0.05, 0.1) is 0 Å². The van der Waals surface area contributed by atoms with Gasteiger partial charge >= 0.3 is 0 Å². The summed E-state index contributed by atoms with van der Waals surface area (Å²) in [5, 5.41) is 0. The minimum Gasteiger partial charge on any atom is -0.340 e. The van der Waals surface area contributed by atoms with Crippen molar-refractivity contribution in [1.82, 2.24) is 9.80 Å². The first-order valence-corrected chi connectivity index (χ1v) is 8.23. The van der Waals surface area contributed by atoms with Crippen molar-refractivity contribution in [2.45, 2.75) is 44.9 Å². The number of carbonyl (C=O) groups excluding carboxylic acids is 1. The molecule has 0 aromatic heterocycles. The second-order valence-electron chi connectivity index (χ2n) is 6.87. The van der Waals surface area contributed by atoms with Crippen LogP contribution in [-0.2, 0) is 4.79 Å². The molecule has 0 N–H and O–H groups in total. The van der Waals surface area contributed by atoms with E-state index in [0.717, 1.165) is 44.4 Å². The smallest absolute Gasteiger partial charge is 0.226 e. The molecule has 2 saturated carbocycles. The van der Waals surface area contributed by atoms with Gasteiger partial charge in [0.2, 0.25) is 5.91 Å². The fourth-order valence-electron chi connectivity index (χ4n) is 4.51. The zero-order valence-corrected chi connectivity index (χ0v) is 12.3. The lowest BCUT2D eigenvalue weighted by atomic mass is 9.65. The molecule has 0 aromatic rings. The van der Waals surface area contributed by atoms with E-state index in [2.05, 4.69) is 16.8 Å². The number of amides is 1. The minimum absolute atomic E-state index is 0.363. The summed E-state index contributed by atoms with van der Waals surface area (Å²) in [5.41, 5.74) is 0. The zero-order valence-electron chi connectivity index (χ0n) is 12.3. The third kappa shape index (κ3) is 2.81. The summed E-state index contributed by atoms with van der Waals surface area (Å²) in [7, 11) is 2.15. The first-order chi connectivity index (χ1) is 9.25. The molecule has 0 spiro atoms. The van der Waals surface area contributed by atoms with Gasteiger partial charge in [-0.05, 0) is 31.7 Å². The van der Waals surface area contributed by atoms with Gasteiger partial charge in [-0.25, -0.2) is 0 Å². The topological polar surface area (TPSA) is 23.6 Å². The van der Waals surface area contributed by atoms with Crippen molar-refractivity contribution in [3.63, 3.8) is 0 Å². The van der Waals surface area contributed by atoms with Crippen LogP contribution in [0.2, 0.25) is 0 Å². The number of piperazine rings is 1. The molecular formula is C16H28N2O. The first kappa shape index (κ1) is 13.4. The standard InChI is InChI=1S/C16H28N2O/c1-17-9-11-18(12-10-17)16(19)15-8-4-6-13-5-2-3-7-14(13)15/h13-15H,2-12H2,1H3/t13-,14-,15-/m1/s1. The zero-order chi connectivity index (χ0) is 13.2. The number of nitrogens with zero attached hydrogens (tertiary/aromatic N) is 2. The Morgan fingerprint density at radius 3 is 2.37 bits per heavy atom. The fourth-order valence-corrected chi connectivity index (χ4v) is 4.51. The maximum absolute atomic E-state index is 12.8. The first-order valence-electron chi connectivity index (χ1n) is 8.23. The van der Waals surface area contributed by atoms with Crippen LogP contribution in [0.25, 0.3) is 0 Å². The Morgan fingerprint density at radius 1 is 0.895 bits per heavy atom. The molecule has 3 aliphatic rings. The summed E-state index contributed by atoms with van der Waals surface area (Å²) in [4.78, 5) is 17.3. The molecule has 3 rings (SSSR count). The van der Waals surface area contributed by atoms with Gasteiger partial charge in [0.25, 0.3) is 0 Å². The Hall–Kier alpha value is -0.570. The number of rotatable bonds is 1. The molecule has 0 bridgehead atoms. The summed E-state index contributed by atoms with van der Waals surface area (Å²) in [5.74, 6) is 2.44. The fraction of sp³-hybridized carbons (Fsp3) is 0.938. The number of hydrogen-bond donors (Lipinski definition) is 0. The Morgan fingerprint density at radius 2 is 1.58 bits per heavy atom. The van der Waals surface area contributed by atoms with E-state index in [4.69, 9.17) is 0 Å². The molecule has 0 aromatic carbocycles. The number of carbonyl (C=O) groups is 1. The molecule has 19 heavy (non-hydrogen) atoms. The van der Waals surface area contributed by atoms with Crippen LogP contribution >= 0.6 is 0 Å². The van der Waals surface area contributed by atoms with E-state index in [1.54, 1.807) is 0 Å². The minimum atomic E-state index is 0.363. The Labute approximate surface area is 117 Å². The van der Waals surface area contributed by atoms with Crippen LogP contribution in [0.1, 0.15) is 44.9 Å². The van der Waals surface area contributed by atoms with Crippen LogP contribution in [0.5, 0.6) is 0 Å². The summed E-state index contributed by atoms with van der Waals surface area (Å²) in [6, 6.07) is 0. The lowest BCUT2D eigenvalue weighted by Crippen LogP contribution is -2.51. The third-order valence-electron chi connectivity index (χ3n) is 5.71. The van der Waals surface area contributed by atoms with Crippen LogP contribution in [-0.4, -0.2) is 48.9 Å². The molecule has 3 nitrogen and oxygen atoms in total. The van der Waals surface area contributed by atoms with Gasteiger partial charge < -0.3 is 9.80 Å². The van der Waals surface area contributed by atoms with E-state index in [9.17, 15) is 4.79 Å². The van der Waals surface area contributed by atoms with Crippen LogP contribution in [0, 0.1) is 17.8 Å². The monoisotopic (exact) mass is 264 g/mol. The highest BCUT2D eigenvalue weighted by Crippen LogP contribution is 2.44. The summed E-state index contributed by atoms with van der Waals surface area (Å²) in [6.07, 6.45) is 9.28. The molecule has 1 heterocycles. The molecule has 108 valence electrons. The highest BCUT2D eigenvalue weighted by molar-refractivity contribution is 5.79. The quantitative estimate of drug-likeness (QED) is 0.726.